The van der Waals surface area contributed by atoms with E-state index < -0.39 is 33.3 Å². The average Bonchev–Trinajstić information content (AvgIpc) is 2.66. The molecule has 0 radical (unpaired) electrons. The largest absolute Gasteiger partial charge is 0.467 e. The lowest BCUT2D eigenvalue weighted by Crippen LogP contribution is -2.50. The zero-order valence-corrected chi connectivity index (χ0v) is 17.8. The lowest BCUT2D eigenvalue weighted by molar-refractivity contribution is -0.146. The number of esters is 1. The first kappa shape index (κ1) is 22.6. The Hall–Kier alpha value is -2.65. The van der Waals surface area contributed by atoms with Crippen molar-refractivity contribution in [2.75, 3.05) is 18.5 Å². The van der Waals surface area contributed by atoms with Crippen molar-refractivity contribution in [2.45, 2.75) is 24.3 Å². The SMILES string of the molecule is COC(=O)C(C)(C)NC(=O)c1cc(S(=O)(=O)N(C)c2ccc(F)cc2)ccc1Cl. The third-order valence-electron chi connectivity index (χ3n) is 4.15. The second-order valence-corrected chi connectivity index (χ2v) is 9.04. The van der Waals surface area contributed by atoms with Gasteiger partial charge < -0.3 is 10.1 Å². The Labute approximate surface area is 173 Å². The highest BCUT2D eigenvalue weighted by molar-refractivity contribution is 7.92. The molecule has 0 spiro atoms. The molecule has 2 aromatic carbocycles. The van der Waals surface area contributed by atoms with Crippen LogP contribution in [0.25, 0.3) is 0 Å². The molecule has 10 heteroatoms. The maximum absolute atomic E-state index is 13.1. The number of halogens is 2. The highest BCUT2D eigenvalue weighted by Gasteiger charge is 2.32. The number of methoxy groups -OCH3 is 1. The van der Waals surface area contributed by atoms with Crippen LogP contribution < -0.4 is 9.62 Å². The predicted octanol–water partition coefficient (Wildman–Crippen LogP) is 2.99. The van der Waals surface area contributed by atoms with Gasteiger partial charge in [-0.2, -0.15) is 0 Å². The molecule has 0 fully saturated rings. The third-order valence-corrected chi connectivity index (χ3v) is 6.26. The Bertz CT molecular complexity index is 1040. The molecule has 2 rings (SSSR count). The maximum Gasteiger partial charge on any atom is 0.330 e. The summed E-state index contributed by atoms with van der Waals surface area (Å²) in [5.41, 5.74) is -1.24. The van der Waals surface area contributed by atoms with E-state index in [-0.39, 0.29) is 21.2 Å². The number of benzene rings is 2. The van der Waals surface area contributed by atoms with Gasteiger partial charge in [-0.15, -0.1) is 0 Å². The van der Waals surface area contributed by atoms with Gasteiger partial charge in [0.05, 0.1) is 28.3 Å². The van der Waals surface area contributed by atoms with Gasteiger partial charge in [-0.1, -0.05) is 11.6 Å². The van der Waals surface area contributed by atoms with Crippen molar-refractivity contribution in [3.05, 3.63) is 58.9 Å². The van der Waals surface area contributed by atoms with E-state index in [0.717, 1.165) is 22.5 Å². The van der Waals surface area contributed by atoms with Crippen molar-refractivity contribution < 1.29 is 27.1 Å². The Morgan fingerprint density at radius 3 is 2.28 bits per heavy atom. The van der Waals surface area contributed by atoms with Crippen LogP contribution >= 0.6 is 11.6 Å². The van der Waals surface area contributed by atoms with Gasteiger partial charge in [0, 0.05) is 7.05 Å². The van der Waals surface area contributed by atoms with Crippen molar-refractivity contribution in [1.82, 2.24) is 5.32 Å². The zero-order valence-electron chi connectivity index (χ0n) is 16.2. The van der Waals surface area contributed by atoms with Crippen molar-refractivity contribution in [3.63, 3.8) is 0 Å². The molecule has 0 bridgehead atoms. The van der Waals surface area contributed by atoms with Crippen LogP contribution in [-0.4, -0.2) is 40.0 Å². The second-order valence-electron chi connectivity index (χ2n) is 6.66. The quantitative estimate of drug-likeness (QED) is 0.694. The average molecular weight is 443 g/mol. The van der Waals surface area contributed by atoms with Crippen molar-refractivity contribution in [1.29, 1.82) is 0 Å². The molecule has 0 atom stereocenters. The first-order valence-corrected chi connectivity index (χ1v) is 10.2. The molecular formula is C19H20ClFN2O5S. The van der Waals surface area contributed by atoms with E-state index >= 15 is 0 Å². The number of sulfonamides is 1. The van der Waals surface area contributed by atoms with Gasteiger partial charge in [0.2, 0.25) is 0 Å². The zero-order chi connectivity index (χ0) is 22.0. The molecule has 2 aromatic rings. The van der Waals surface area contributed by atoms with E-state index in [2.05, 4.69) is 10.1 Å². The first-order chi connectivity index (χ1) is 13.4. The Morgan fingerprint density at radius 1 is 1.14 bits per heavy atom. The molecule has 156 valence electrons. The number of ether oxygens (including phenoxy) is 1. The molecule has 0 saturated heterocycles. The van der Waals surface area contributed by atoms with E-state index in [1.54, 1.807) is 0 Å². The van der Waals surface area contributed by atoms with Crippen molar-refractivity contribution >= 4 is 39.2 Å². The summed E-state index contributed by atoms with van der Waals surface area (Å²) in [6.45, 7) is 2.88. The summed E-state index contributed by atoms with van der Waals surface area (Å²) in [6.07, 6.45) is 0. The lowest BCUT2D eigenvalue weighted by Gasteiger charge is -2.24. The predicted molar refractivity (Wildman–Crippen MR) is 107 cm³/mol. The Balaban J connectivity index is 2.40. The standard InChI is InChI=1S/C19H20ClFN2O5S/c1-19(2,18(25)28-4)22-17(24)15-11-14(9-10-16(15)20)29(26,27)23(3)13-7-5-12(21)6-8-13/h5-11H,1-4H3,(H,22,24). The molecule has 0 aliphatic rings. The monoisotopic (exact) mass is 442 g/mol. The van der Waals surface area contributed by atoms with Crippen LogP contribution in [0.1, 0.15) is 24.2 Å². The molecule has 0 saturated carbocycles. The molecular weight excluding hydrogens is 423 g/mol. The highest BCUT2D eigenvalue weighted by Crippen LogP contribution is 2.26. The van der Waals surface area contributed by atoms with Crippen molar-refractivity contribution in [3.8, 4) is 0 Å². The summed E-state index contributed by atoms with van der Waals surface area (Å²) < 4.78 is 44.6. The summed E-state index contributed by atoms with van der Waals surface area (Å²) in [6, 6.07) is 8.53. The van der Waals surface area contributed by atoms with Crippen molar-refractivity contribution in [2.24, 2.45) is 0 Å². The minimum Gasteiger partial charge on any atom is -0.467 e. The number of carbonyl (C=O) groups excluding carboxylic acids is 2. The minimum atomic E-state index is -4.06. The van der Waals surface area contributed by atoms with Crippen LogP contribution in [0.2, 0.25) is 5.02 Å². The normalized spacial score (nSPS) is 11.7. The molecule has 0 aliphatic heterocycles. The van der Waals surface area contributed by atoms with Gasteiger partial charge in [0.1, 0.15) is 11.4 Å². The van der Waals surface area contributed by atoms with Crippen LogP contribution in [0.4, 0.5) is 10.1 Å². The van der Waals surface area contributed by atoms with Crippen LogP contribution in [0, 0.1) is 5.82 Å². The summed E-state index contributed by atoms with van der Waals surface area (Å²) in [4.78, 5) is 24.2. The topological polar surface area (TPSA) is 92.8 Å². The lowest BCUT2D eigenvalue weighted by atomic mass is 10.1. The smallest absolute Gasteiger partial charge is 0.330 e. The molecule has 0 aromatic heterocycles. The van der Waals surface area contributed by atoms with Gasteiger partial charge in [-0.05, 0) is 56.3 Å². The van der Waals surface area contributed by atoms with E-state index in [9.17, 15) is 22.4 Å². The van der Waals surface area contributed by atoms with Crippen LogP contribution in [0.5, 0.6) is 0 Å². The number of rotatable bonds is 6. The van der Waals surface area contributed by atoms with E-state index in [4.69, 9.17) is 11.6 Å². The fourth-order valence-electron chi connectivity index (χ4n) is 2.44. The Kier molecular flexibility index (Phi) is 6.54. The molecule has 7 nitrogen and oxygen atoms in total. The number of hydrogen-bond acceptors (Lipinski definition) is 5. The van der Waals surface area contributed by atoms with Gasteiger partial charge in [0.15, 0.2) is 0 Å². The summed E-state index contributed by atoms with van der Waals surface area (Å²) in [5.74, 6) is -1.92. The molecule has 0 heterocycles. The molecule has 0 aliphatic carbocycles. The second kappa shape index (κ2) is 8.38. The van der Waals surface area contributed by atoms with Crippen LogP contribution in [-0.2, 0) is 19.6 Å². The van der Waals surface area contributed by atoms with Gasteiger partial charge in [-0.3, -0.25) is 9.10 Å². The number of amides is 1. The maximum atomic E-state index is 13.1. The fourth-order valence-corrected chi connectivity index (χ4v) is 3.87. The molecule has 1 amide bonds. The highest BCUT2D eigenvalue weighted by atomic mass is 35.5. The fraction of sp³-hybridized carbons (Fsp3) is 0.263. The molecule has 29 heavy (non-hydrogen) atoms. The number of nitrogens with one attached hydrogen (secondary N) is 1. The third kappa shape index (κ3) is 4.86. The summed E-state index contributed by atoms with van der Waals surface area (Å²) in [7, 11) is -1.58. The van der Waals surface area contributed by atoms with E-state index in [1.165, 1.54) is 52.3 Å². The molecule has 0 unspecified atom stereocenters. The van der Waals surface area contributed by atoms with E-state index in [0.29, 0.717) is 0 Å². The minimum absolute atomic E-state index is 0.00607. The number of hydrogen-bond donors (Lipinski definition) is 1. The Morgan fingerprint density at radius 2 is 1.72 bits per heavy atom. The molecule has 1 N–H and O–H groups in total. The van der Waals surface area contributed by atoms with Gasteiger partial charge in [-0.25, -0.2) is 17.6 Å². The van der Waals surface area contributed by atoms with E-state index in [1.807, 2.05) is 0 Å². The summed E-state index contributed by atoms with van der Waals surface area (Å²) in [5, 5.41) is 2.47. The summed E-state index contributed by atoms with van der Waals surface area (Å²) >= 11 is 6.07. The van der Waals surface area contributed by atoms with Gasteiger partial charge in [0.25, 0.3) is 15.9 Å². The van der Waals surface area contributed by atoms with Crippen LogP contribution in [0.15, 0.2) is 47.4 Å². The number of carbonyl (C=O) groups is 2. The first-order valence-electron chi connectivity index (χ1n) is 8.35. The van der Waals surface area contributed by atoms with Gasteiger partial charge >= 0.3 is 5.97 Å². The number of nitrogens with zero attached hydrogens (tertiary/aromatic N) is 1. The number of anilines is 1. The van der Waals surface area contributed by atoms with Crippen LogP contribution in [0.3, 0.4) is 0 Å².